The third-order valence-corrected chi connectivity index (χ3v) is 6.56. The lowest BCUT2D eigenvalue weighted by molar-refractivity contribution is -0.139. The molecule has 10 heteroatoms. The Balaban J connectivity index is 2.42. The van der Waals surface area contributed by atoms with Gasteiger partial charge >= 0.3 is 11.9 Å². The minimum Gasteiger partial charge on any atom is -0.466 e. The minimum atomic E-state index is -3.50. The molecule has 0 aliphatic carbocycles. The first-order valence-corrected chi connectivity index (χ1v) is 11.9. The number of methoxy groups -OCH3 is 2. The maximum absolute atomic E-state index is 13.0. The lowest BCUT2D eigenvalue weighted by Crippen LogP contribution is -2.41. The molecule has 9 nitrogen and oxygen atoms in total. The Morgan fingerprint density at radius 1 is 1.06 bits per heavy atom. The molecule has 0 bridgehead atoms. The first kappa shape index (κ1) is 24.5. The first-order chi connectivity index (χ1) is 16.1. The van der Waals surface area contributed by atoms with Gasteiger partial charge in [-0.25, -0.2) is 18.0 Å². The van der Waals surface area contributed by atoms with Crippen LogP contribution < -0.4 is 10.6 Å². The number of ether oxygens (including phenoxy) is 2. The number of allylic oxidation sites excluding steroid dienone is 1. The summed E-state index contributed by atoms with van der Waals surface area (Å²) in [5, 5.41) is 10.0. The molecule has 0 amide bonds. The molecule has 1 unspecified atom stereocenters. The van der Waals surface area contributed by atoms with E-state index in [2.05, 4.69) is 6.07 Å². The van der Waals surface area contributed by atoms with Crippen molar-refractivity contribution in [1.29, 1.82) is 5.26 Å². The molecule has 1 heterocycles. The average Bonchev–Trinajstić information content (AvgIpc) is 2.82. The predicted molar refractivity (Wildman–Crippen MR) is 124 cm³/mol. The van der Waals surface area contributed by atoms with Crippen molar-refractivity contribution in [2.75, 3.05) is 25.4 Å². The number of anilines is 1. The predicted octanol–water partition coefficient (Wildman–Crippen LogP) is 2.30. The van der Waals surface area contributed by atoms with Crippen LogP contribution in [0.4, 0.5) is 5.69 Å². The second-order valence-corrected chi connectivity index (χ2v) is 9.57. The number of rotatable bonds is 5. The molecule has 1 aliphatic rings. The van der Waals surface area contributed by atoms with Crippen molar-refractivity contribution in [2.24, 2.45) is 5.73 Å². The van der Waals surface area contributed by atoms with Crippen molar-refractivity contribution in [3.8, 4) is 6.07 Å². The van der Waals surface area contributed by atoms with Crippen molar-refractivity contribution in [2.45, 2.75) is 17.7 Å². The van der Waals surface area contributed by atoms with Crippen molar-refractivity contribution in [1.82, 2.24) is 0 Å². The van der Waals surface area contributed by atoms with E-state index in [1.54, 1.807) is 37.3 Å². The van der Waals surface area contributed by atoms with E-state index in [4.69, 9.17) is 15.2 Å². The standard InChI is InChI=1S/C24H23N3O6S/c1-14-12-16(34(4,30)31)10-11-18(14)27-21(24(29)33-3)20(23(28)32-2)19(17(13-25)22(27)26)15-8-6-5-7-9-15/h5-12,19H,26H2,1-4H3. The van der Waals surface area contributed by atoms with Gasteiger partial charge in [0.1, 0.15) is 11.5 Å². The van der Waals surface area contributed by atoms with Crippen molar-refractivity contribution >= 4 is 27.5 Å². The van der Waals surface area contributed by atoms with Gasteiger partial charge in [-0.2, -0.15) is 5.26 Å². The maximum atomic E-state index is 13.0. The van der Waals surface area contributed by atoms with Crippen LogP contribution in [0.2, 0.25) is 0 Å². The average molecular weight is 482 g/mol. The Morgan fingerprint density at radius 2 is 1.68 bits per heavy atom. The highest BCUT2D eigenvalue weighted by molar-refractivity contribution is 7.90. The molecule has 34 heavy (non-hydrogen) atoms. The van der Waals surface area contributed by atoms with Gasteiger partial charge in [-0.15, -0.1) is 0 Å². The molecular weight excluding hydrogens is 458 g/mol. The van der Waals surface area contributed by atoms with E-state index in [1.807, 2.05) is 0 Å². The van der Waals surface area contributed by atoms with Crippen LogP contribution in [-0.4, -0.2) is 40.8 Å². The number of esters is 2. The maximum Gasteiger partial charge on any atom is 0.355 e. The van der Waals surface area contributed by atoms with Crippen LogP contribution in [0.25, 0.3) is 0 Å². The molecular formula is C24H23N3O6S. The molecule has 0 spiro atoms. The lowest BCUT2D eigenvalue weighted by Gasteiger charge is -2.36. The third kappa shape index (κ3) is 4.25. The van der Waals surface area contributed by atoms with Crippen LogP contribution in [0.5, 0.6) is 0 Å². The fourth-order valence-electron chi connectivity index (χ4n) is 3.87. The number of sulfone groups is 1. The number of benzene rings is 2. The zero-order valence-electron chi connectivity index (χ0n) is 19.0. The fraction of sp³-hybridized carbons (Fsp3) is 0.208. The summed E-state index contributed by atoms with van der Waals surface area (Å²) < 4.78 is 34.0. The second-order valence-electron chi connectivity index (χ2n) is 7.56. The van der Waals surface area contributed by atoms with Gasteiger partial charge in [0.25, 0.3) is 0 Å². The van der Waals surface area contributed by atoms with Gasteiger partial charge in [-0.1, -0.05) is 30.3 Å². The number of nitriles is 1. The molecule has 3 rings (SSSR count). The van der Waals surface area contributed by atoms with E-state index in [-0.39, 0.29) is 27.6 Å². The third-order valence-electron chi connectivity index (χ3n) is 5.45. The zero-order valence-corrected chi connectivity index (χ0v) is 19.8. The summed E-state index contributed by atoms with van der Waals surface area (Å²) in [5.74, 6) is -2.81. The number of aryl methyl sites for hydroxylation is 1. The second kappa shape index (κ2) is 9.41. The summed E-state index contributed by atoms with van der Waals surface area (Å²) in [6, 6.07) is 14.9. The molecule has 0 aromatic heterocycles. The van der Waals surface area contributed by atoms with E-state index in [1.165, 1.54) is 23.1 Å². The number of carbonyl (C=O) groups excluding carboxylic acids is 2. The molecule has 176 valence electrons. The summed E-state index contributed by atoms with van der Waals surface area (Å²) in [4.78, 5) is 27.4. The smallest absolute Gasteiger partial charge is 0.355 e. The number of nitrogens with two attached hydrogens (primary N) is 1. The number of carbonyl (C=O) groups is 2. The molecule has 0 fully saturated rings. The Hall–Kier alpha value is -4.10. The van der Waals surface area contributed by atoms with Gasteiger partial charge in [-0.3, -0.25) is 4.90 Å². The molecule has 0 saturated heterocycles. The van der Waals surface area contributed by atoms with E-state index < -0.39 is 27.7 Å². The van der Waals surface area contributed by atoms with Crippen LogP contribution in [0.15, 0.2) is 76.1 Å². The Bertz CT molecular complexity index is 1370. The van der Waals surface area contributed by atoms with Crippen LogP contribution in [0, 0.1) is 18.3 Å². The molecule has 2 aromatic carbocycles. The summed E-state index contributed by atoms with van der Waals surface area (Å²) in [6.07, 6.45) is 1.07. The number of hydrogen-bond donors (Lipinski definition) is 1. The topological polar surface area (TPSA) is 140 Å². The summed E-state index contributed by atoms with van der Waals surface area (Å²) in [5.41, 5.74) is 7.39. The first-order valence-electron chi connectivity index (χ1n) is 10.0. The van der Waals surface area contributed by atoms with E-state index >= 15 is 0 Å². The highest BCUT2D eigenvalue weighted by Gasteiger charge is 2.43. The summed E-state index contributed by atoms with van der Waals surface area (Å²) in [7, 11) is -1.19. The van der Waals surface area contributed by atoms with Gasteiger partial charge < -0.3 is 15.2 Å². The van der Waals surface area contributed by atoms with Gasteiger partial charge in [0.05, 0.1) is 47.9 Å². The van der Waals surface area contributed by atoms with Crippen molar-refractivity contribution < 1.29 is 27.5 Å². The molecule has 1 atom stereocenters. The molecule has 0 saturated carbocycles. The highest BCUT2D eigenvalue weighted by Crippen LogP contribution is 2.44. The monoisotopic (exact) mass is 481 g/mol. The normalized spacial score (nSPS) is 16.2. The SMILES string of the molecule is COC(=O)C1=C(C(=O)OC)N(c2ccc(S(C)(=O)=O)cc2C)C(N)=C(C#N)C1c1ccccc1. The van der Waals surface area contributed by atoms with Crippen LogP contribution in [-0.2, 0) is 28.9 Å². The van der Waals surface area contributed by atoms with Gasteiger partial charge in [-0.05, 0) is 36.2 Å². The van der Waals surface area contributed by atoms with Crippen LogP contribution in [0.1, 0.15) is 17.0 Å². The Morgan fingerprint density at radius 3 is 2.18 bits per heavy atom. The molecule has 0 radical (unpaired) electrons. The Kier molecular flexibility index (Phi) is 6.79. The zero-order chi connectivity index (χ0) is 25.2. The highest BCUT2D eigenvalue weighted by atomic mass is 32.2. The van der Waals surface area contributed by atoms with Gasteiger partial charge in [0, 0.05) is 6.26 Å². The van der Waals surface area contributed by atoms with E-state index in [0.29, 0.717) is 16.8 Å². The summed E-state index contributed by atoms with van der Waals surface area (Å²) >= 11 is 0. The number of nitrogens with zero attached hydrogens (tertiary/aromatic N) is 2. The van der Waals surface area contributed by atoms with Gasteiger partial charge in [0.15, 0.2) is 9.84 Å². The van der Waals surface area contributed by atoms with Crippen LogP contribution in [0.3, 0.4) is 0 Å². The Labute approximate surface area is 197 Å². The minimum absolute atomic E-state index is 0.0193. The quantitative estimate of drug-likeness (QED) is 0.637. The largest absolute Gasteiger partial charge is 0.466 e. The molecule has 2 N–H and O–H groups in total. The van der Waals surface area contributed by atoms with Crippen LogP contribution >= 0.6 is 0 Å². The van der Waals surface area contributed by atoms with Gasteiger partial charge in [0.2, 0.25) is 0 Å². The van der Waals surface area contributed by atoms with E-state index in [9.17, 15) is 23.3 Å². The fourth-order valence-corrected chi connectivity index (χ4v) is 4.58. The lowest BCUT2D eigenvalue weighted by atomic mass is 9.81. The molecule has 2 aromatic rings. The van der Waals surface area contributed by atoms with Crippen molar-refractivity contribution in [3.63, 3.8) is 0 Å². The number of hydrogen-bond acceptors (Lipinski definition) is 9. The summed E-state index contributed by atoms with van der Waals surface area (Å²) in [6.45, 7) is 1.62. The van der Waals surface area contributed by atoms with E-state index in [0.717, 1.165) is 20.5 Å². The van der Waals surface area contributed by atoms with Crippen molar-refractivity contribution in [3.05, 3.63) is 82.3 Å². The molecule has 1 aliphatic heterocycles.